The van der Waals surface area contributed by atoms with Gasteiger partial charge in [-0.05, 0) is 31.2 Å². The SMILES string of the molecule is Cc1cccc(C(=O)N2CC(Oc3ccc4ccccc4n3)C2)c1. The van der Waals surface area contributed by atoms with Crippen LogP contribution < -0.4 is 4.74 Å². The van der Waals surface area contributed by atoms with Crippen molar-refractivity contribution in [3.63, 3.8) is 0 Å². The lowest BCUT2D eigenvalue weighted by Gasteiger charge is -2.38. The summed E-state index contributed by atoms with van der Waals surface area (Å²) in [6, 6.07) is 19.5. The molecule has 1 saturated heterocycles. The highest BCUT2D eigenvalue weighted by molar-refractivity contribution is 5.95. The van der Waals surface area contributed by atoms with Gasteiger partial charge in [0.1, 0.15) is 6.10 Å². The van der Waals surface area contributed by atoms with E-state index < -0.39 is 0 Å². The van der Waals surface area contributed by atoms with Crippen LogP contribution in [-0.4, -0.2) is 35.0 Å². The zero-order chi connectivity index (χ0) is 16.5. The minimum atomic E-state index is 0.00687. The van der Waals surface area contributed by atoms with Crippen molar-refractivity contribution in [2.45, 2.75) is 13.0 Å². The van der Waals surface area contributed by atoms with Crippen LogP contribution in [-0.2, 0) is 0 Å². The van der Waals surface area contributed by atoms with Crippen LogP contribution in [0.25, 0.3) is 10.9 Å². The van der Waals surface area contributed by atoms with Gasteiger partial charge in [-0.1, -0.05) is 35.9 Å². The first-order valence-corrected chi connectivity index (χ1v) is 8.07. The number of hydrogen-bond donors (Lipinski definition) is 0. The van der Waals surface area contributed by atoms with Crippen molar-refractivity contribution in [2.24, 2.45) is 0 Å². The molecule has 4 rings (SSSR count). The van der Waals surface area contributed by atoms with Crippen LogP contribution in [0.4, 0.5) is 0 Å². The molecule has 0 N–H and O–H groups in total. The highest BCUT2D eigenvalue weighted by Crippen LogP contribution is 2.21. The van der Waals surface area contributed by atoms with E-state index in [4.69, 9.17) is 4.74 Å². The number of nitrogens with zero attached hydrogens (tertiary/aromatic N) is 2. The summed E-state index contributed by atoms with van der Waals surface area (Å²) in [7, 11) is 0. The fraction of sp³-hybridized carbons (Fsp3) is 0.200. The van der Waals surface area contributed by atoms with Gasteiger partial charge in [0.05, 0.1) is 18.6 Å². The second-order valence-electron chi connectivity index (χ2n) is 6.16. The summed E-state index contributed by atoms with van der Waals surface area (Å²) in [4.78, 5) is 18.7. The van der Waals surface area contributed by atoms with Gasteiger partial charge in [0.25, 0.3) is 5.91 Å². The van der Waals surface area contributed by atoms with Gasteiger partial charge >= 0.3 is 0 Å². The number of hydrogen-bond acceptors (Lipinski definition) is 3. The molecule has 4 nitrogen and oxygen atoms in total. The largest absolute Gasteiger partial charge is 0.471 e. The maximum Gasteiger partial charge on any atom is 0.254 e. The number of para-hydroxylation sites is 1. The van der Waals surface area contributed by atoms with Crippen LogP contribution in [0.15, 0.2) is 60.7 Å². The average molecular weight is 318 g/mol. The van der Waals surface area contributed by atoms with Crippen LogP contribution in [0.5, 0.6) is 5.88 Å². The molecular formula is C20H18N2O2. The van der Waals surface area contributed by atoms with E-state index in [0.717, 1.165) is 22.0 Å². The molecule has 2 aromatic carbocycles. The number of rotatable bonds is 3. The van der Waals surface area contributed by atoms with E-state index in [1.165, 1.54) is 0 Å². The maximum absolute atomic E-state index is 12.4. The van der Waals surface area contributed by atoms with Gasteiger partial charge in [0, 0.05) is 17.0 Å². The second-order valence-corrected chi connectivity index (χ2v) is 6.16. The van der Waals surface area contributed by atoms with Crippen LogP contribution >= 0.6 is 0 Å². The molecule has 0 aliphatic carbocycles. The molecule has 0 radical (unpaired) electrons. The van der Waals surface area contributed by atoms with E-state index in [2.05, 4.69) is 4.98 Å². The van der Waals surface area contributed by atoms with Crippen molar-refractivity contribution in [1.29, 1.82) is 0 Å². The molecule has 0 bridgehead atoms. The number of carbonyl (C=O) groups is 1. The number of amides is 1. The summed E-state index contributed by atoms with van der Waals surface area (Å²) in [5.41, 5.74) is 2.74. The van der Waals surface area contributed by atoms with Gasteiger partial charge in [-0.15, -0.1) is 0 Å². The van der Waals surface area contributed by atoms with E-state index in [0.29, 0.717) is 19.0 Å². The Hall–Kier alpha value is -2.88. The van der Waals surface area contributed by atoms with E-state index >= 15 is 0 Å². The first-order chi connectivity index (χ1) is 11.7. The molecule has 1 aliphatic heterocycles. The minimum Gasteiger partial charge on any atom is -0.471 e. The van der Waals surface area contributed by atoms with Gasteiger partial charge in [-0.25, -0.2) is 4.98 Å². The van der Waals surface area contributed by atoms with Crippen LogP contribution in [0.2, 0.25) is 0 Å². The van der Waals surface area contributed by atoms with Crippen LogP contribution in [0.1, 0.15) is 15.9 Å². The maximum atomic E-state index is 12.4. The van der Waals surface area contributed by atoms with E-state index in [1.807, 2.05) is 67.6 Å². The Kier molecular flexibility index (Phi) is 3.65. The number of fused-ring (bicyclic) bond motifs is 1. The van der Waals surface area contributed by atoms with Crippen LogP contribution in [0.3, 0.4) is 0 Å². The average Bonchev–Trinajstić information content (AvgIpc) is 2.57. The Morgan fingerprint density at radius 1 is 1.08 bits per heavy atom. The Bertz CT molecular complexity index is 901. The van der Waals surface area contributed by atoms with Crippen molar-refractivity contribution in [3.05, 3.63) is 71.8 Å². The summed E-state index contributed by atoms with van der Waals surface area (Å²) in [5, 5.41) is 1.09. The third kappa shape index (κ3) is 2.83. The van der Waals surface area contributed by atoms with Gasteiger partial charge < -0.3 is 9.64 Å². The molecule has 4 heteroatoms. The van der Waals surface area contributed by atoms with Crippen molar-refractivity contribution in [2.75, 3.05) is 13.1 Å². The third-order valence-corrected chi connectivity index (χ3v) is 4.26. The molecule has 0 saturated carbocycles. The first-order valence-electron chi connectivity index (χ1n) is 8.07. The number of pyridine rings is 1. The van der Waals surface area contributed by atoms with E-state index in [1.54, 1.807) is 4.90 Å². The summed E-state index contributed by atoms with van der Waals surface area (Å²) in [6.07, 6.45) is 0.00687. The van der Waals surface area contributed by atoms with Crippen molar-refractivity contribution >= 4 is 16.8 Å². The predicted molar refractivity (Wildman–Crippen MR) is 93.2 cm³/mol. The molecular weight excluding hydrogens is 300 g/mol. The topological polar surface area (TPSA) is 42.4 Å². The minimum absolute atomic E-state index is 0.00687. The molecule has 1 fully saturated rings. The normalized spacial score (nSPS) is 14.5. The Balaban J connectivity index is 1.39. The molecule has 1 amide bonds. The van der Waals surface area contributed by atoms with Gasteiger partial charge in [0.15, 0.2) is 0 Å². The smallest absolute Gasteiger partial charge is 0.254 e. The summed E-state index contributed by atoms with van der Waals surface area (Å²) in [5.74, 6) is 0.673. The number of aryl methyl sites for hydroxylation is 1. The quantitative estimate of drug-likeness (QED) is 0.743. The Labute approximate surface area is 140 Å². The van der Waals surface area contributed by atoms with E-state index in [-0.39, 0.29) is 12.0 Å². The lowest BCUT2D eigenvalue weighted by Crippen LogP contribution is -2.56. The molecule has 1 aliphatic rings. The predicted octanol–water partition coefficient (Wildman–Crippen LogP) is 3.45. The van der Waals surface area contributed by atoms with E-state index in [9.17, 15) is 4.79 Å². The number of benzene rings is 2. The summed E-state index contributed by atoms with van der Waals surface area (Å²) in [6.45, 7) is 3.19. The van der Waals surface area contributed by atoms with Gasteiger partial charge in [0.2, 0.25) is 5.88 Å². The standard InChI is InChI=1S/C20H18N2O2/c1-14-5-4-7-16(11-14)20(23)22-12-17(13-22)24-19-10-9-15-6-2-3-8-18(15)21-19/h2-11,17H,12-13H2,1H3. The third-order valence-electron chi connectivity index (χ3n) is 4.26. The Morgan fingerprint density at radius 3 is 2.75 bits per heavy atom. The zero-order valence-electron chi connectivity index (χ0n) is 13.5. The number of ether oxygens (including phenoxy) is 1. The highest BCUT2D eigenvalue weighted by Gasteiger charge is 2.33. The lowest BCUT2D eigenvalue weighted by atomic mass is 10.1. The highest BCUT2D eigenvalue weighted by atomic mass is 16.5. The molecule has 2 heterocycles. The monoisotopic (exact) mass is 318 g/mol. The van der Waals surface area contributed by atoms with Crippen molar-refractivity contribution in [1.82, 2.24) is 9.88 Å². The lowest BCUT2D eigenvalue weighted by molar-refractivity contribution is 0.0161. The molecule has 0 spiro atoms. The van der Waals surface area contributed by atoms with Crippen molar-refractivity contribution < 1.29 is 9.53 Å². The number of aromatic nitrogens is 1. The first kappa shape index (κ1) is 14.7. The zero-order valence-corrected chi connectivity index (χ0v) is 13.5. The van der Waals surface area contributed by atoms with Gasteiger partial charge in [-0.2, -0.15) is 0 Å². The fourth-order valence-electron chi connectivity index (χ4n) is 2.92. The van der Waals surface area contributed by atoms with Crippen molar-refractivity contribution in [3.8, 4) is 5.88 Å². The summed E-state index contributed by atoms with van der Waals surface area (Å²) >= 11 is 0. The van der Waals surface area contributed by atoms with Crippen LogP contribution in [0, 0.1) is 6.92 Å². The molecule has 24 heavy (non-hydrogen) atoms. The number of carbonyl (C=O) groups excluding carboxylic acids is 1. The molecule has 1 aromatic heterocycles. The van der Waals surface area contributed by atoms with Gasteiger partial charge in [-0.3, -0.25) is 4.79 Å². The number of likely N-dealkylation sites (tertiary alicyclic amines) is 1. The molecule has 120 valence electrons. The summed E-state index contributed by atoms with van der Waals surface area (Å²) < 4.78 is 5.89. The molecule has 3 aromatic rings. The second kappa shape index (κ2) is 5.96. The molecule has 0 unspecified atom stereocenters. The molecule has 0 atom stereocenters. The fourth-order valence-corrected chi connectivity index (χ4v) is 2.92. The Morgan fingerprint density at radius 2 is 1.92 bits per heavy atom.